The Balaban J connectivity index is 2.74. The van der Waals surface area contributed by atoms with Gasteiger partial charge in [-0.05, 0) is 48.3 Å². The van der Waals surface area contributed by atoms with Crippen LogP contribution in [-0.2, 0) is 0 Å². The average molecular weight is 323 g/mol. The maximum atomic E-state index is 6.09. The van der Waals surface area contributed by atoms with Crippen molar-refractivity contribution in [1.29, 1.82) is 0 Å². The maximum Gasteiger partial charge on any atom is 0.0702 e. The Hall–Kier alpha value is 0.450. The van der Waals surface area contributed by atoms with E-state index in [2.05, 4.69) is 53.2 Å². The van der Waals surface area contributed by atoms with Gasteiger partial charge < -0.3 is 5.73 Å². The van der Waals surface area contributed by atoms with Crippen molar-refractivity contribution in [2.24, 2.45) is 5.73 Å². The lowest BCUT2D eigenvalue weighted by Gasteiger charge is -2.30. The highest BCUT2D eigenvalue weighted by atomic mass is 79.9. The molecule has 0 amide bonds. The van der Waals surface area contributed by atoms with Gasteiger partial charge in [-0.15, -0.1) is 11.3 Å². The second kappa shape index (κ2) is 7.01. The molecule has 1 aromatic rings. The molecule has 1 aromatic heterocycles. The van der Waals surface area contributed by atoms with Crippen LogP contribution in [-0.4, -0.2) is 36.5 Å². The van der Waals surface area contributed by atoms with Crippen LogP contribution < -0.4 is 5.73 Å². The van der Waals surface area contributed by atoms with Crippen LogP contribution in [0.5, 0.6) is 0 Å². The fraction of sp³-hybridized carbons (Fsp3) is 0.636. The lowest BCUT2D eigenvalue weighted by Crippen LogP contribution is -2.37. The molecule has 0 bridgehead atoms. The summed E-state index contributed by atoms with van der Waals surface area (Å²) in [5.41, 5.74) is 6.09. The number of thiophene rings is 1. The Morgan fingerprint density at radius 1 is 1.56 bits per heavy atom. The van der Waals surface area contributed by atoms with E-state index in [1.165, 1.54) is 8.66 Å². The van der Waals surface area contributed by atoms with Crippen LogP contribution in [0.15, 0.2) is 15.9 Å². The maximum absolute atomic E-state index is 6.09. The predicted molar refractivity (Wildman–Crippen MR) is 79.4 cm³/mol. The monoisotopic (exact) mass is 322 g/mol. The summed E-state index contributed by atoms with van der Waals surface area (Å²) in [6.07, 6.45) is 2.14. The first kappa shape index (κ1) is 14.5. The minimum Gasteiger partial charge on any atom is -0.326 e. The van der Waals surface area contributed by atoms with Crippen molar-refractivity contribution >= 4 is 39.0 Å². The average Bonchev–Trinajstić information content (AvgIpc) is 2.61. The van der Waals surface area contributed by atoms with Gasteiger partial charge in [0.15, 0.2) is 0 Å². The summed E-state index contributed by atoms with van der Waals surface area (Å²) in [5.74, 6) is 1.15. The standard InChI is InChI=1S/C11H19BrN2S2/c1-8(13)11(14(2)6-7-15-3)9-4-5-10(12)16-9/h4-5,8,11H,6-7,13H2,1-3H3. The van der Waals surface area contributed by atoms with E-state index in [9.17, 15) is 0 Å². The van der Waals surface area contributed by atoms with Crippen molar-refractivity contribution in [1.82, 2.24) is 4.90 Å². The first-order valence-corrected chi connectivity index (χ1v) is 8.26. The van der Waals surface area contributed by atoms with E-state index in [1.807, 2.05) is 11.8 Å². The highest BCUT2D eigenvalue weighted by Crippen LogP contribution is 2.31. The van der Waals surface area contributed by atoms with E-state index in [0.717, 1.165) is 12.3 Å². The largest absolute Gasteiger partial charge is 0.326 e. The van der Waals surface area contributed by atoms with Gasteiger partial charge in [0.25, 0.3) is 0 Å². The first-order valence-electron chi connectivity index (χ1n) is 5.26. The predicted octanol–water partition coefficient (Wildman–Crippen LogP) is 3.19. The number of hydrogen-bond acceptors (Lipinski definition) is 4. The summed E-state index contributed by atoms with van der Waals surface area (Å²) < 4.78 is 1.17. The molecule has 92 valence electrons. The Kier molecular flexibility index (Phi) is 6.36. The molecule has 2 atom stereocenters. The third-order valence-electron chi connectivity index (χ3n) is 2.51. The highest BCUT2D eigenvalue weighted by Gasteiger charge is 2.22. The van der Waals surface area contributed by atoms with Gasteiger partial charge in [-0.1, -0.05) is 0 Å². The molecule has 2 N–H and O–H groups in total. The molecule has 2 unspecified atom stereocenters. The summed E-state index contributed by atoms with van der Waals surface area (Å²) in [6.45, 7) is 3.15. The zero-order valence-corrected chi connectivity index (χ0v) is 13.2. The third-order valence-corrected chi connectivity index (χ3v) is 4.79. The molecular weight excluding hydrogens is 304 g/mol. The molecule has 0 fully saturated rings. The molecular formula is C11H19BrN2S2. The van der Waals surface area contributed by atoms with Crippen LogP contribution in [0.4, 0.5) is 0 Å². The molecule has 1 heterocycles. The van der Waals surface area contributed by atoms with Gasteiger partial charge in [-0.2, -0.15) is 11.8 Å². The van der Waals surface area contributed by atoms with E-state index in [1.54, 1.807) is 11.3 Å². The molecule has 0 aromatic carbocycles. The van der Waals surface area contributed by atoms with E-state index in [4.69, 9.17) is 5.73 Å². The molecule has 16 heavy (non-hydrogen) atoms. The molecule has 0 aliphatic rings. The summed E-state index contributed by atoms with van der Waals surface area (Å²) >= 11 is 7.15. The van der Waals surface area contributed by atoms with Crippen molar-refractivity contribution in [3.8, 4) is 0 Å². The van der Waals surface area contributed by atoms with Gasteiger partial charge in [0.05, 0.1) is 9.83 Å². The van der Waals surface area contributed by atoms with Gasteiger partial charge in [0.1, 0.15) is 0 Å². The Bertz CT molecular complexity index is 315. The third kappa shape index (κ3) is 4.04. The minimum atomic E-state index is 0.150. The van der Waals surface area contributed by atoms with Gasteiger partial charge >= 0.3 is 0 Å². The second-order valence-corrected chi connectivity index (χ2v) is 7.40. The van der Waals surface area contributed by atoms with Gasteiger partial charge in [-0.25, -0.2) is 0 Å². The number of nitrogens with two attached hydrogens (primary N) is 1. The SMILES string of the molecule is CSCCN(C)C(c1ccc(Br)s1)C(C)N. The van der Waals surface area contributed by atoms with Crippen molar-refractivity contribution in [2.45, 2.75) is 19.0 Å². The van der Waals surface area contributed by atoms with Crippen LogP contribution in [0.1, 0.15) is 17.8 Å². The quantitative estimate of drug-likeness (QED) is 0.872. The number of likely N-dealkylation sites (N-methyl/N-ethyl adjacent to an activating group) is 1. The van der Waals surface area contributed by atoms with Crippen LogP contribution in [0.25, 0.3) is 0 Å². The van der Waals surface area contributed by atoms with Crippen LogP contribution in [0, 0.1) is 0 Å². The summed E-state index contributed by atoms with van der Waals surface area (Å²) in [7, 11) is 2.15. The molecule has 2 nitrogen and oxygen atoms in total. The zero-order chi connectivity index (χ0) is 12.1. The Labute approximate surface area is 115 Å². The topological polar surface area (TPSA) is 29.3 Å². The molecule has 0 aliphatic carbocycles. The number of hydrogen-bond donors (Lipinski definition) is 1. The Morgan fingerprint density at radius 2 is 2.25 bits per heavy atom. The second-order valence-electron chi connectivity index (χ2n) is 3.92. The van der Waals surface area contributed by atoms with Crippen molar-refractivity contribution in [2.75, 3.05) is 25.6 Å². The molecule has 0 saturated carbocycles. The van der Waals surface area contributed by atoms with E-state index < -0.39 is 0 Å². The van der Waals surface area contributed by atoms with Crippen molar-refractivity contribution in [3.63, 3.8) is 0 Å². The highest BCUT2D eigenvalue weighted by molar-refractivity contribution is 9.11. The molecule has 5 heteroatoms. The van der Waals surface area contributed by atoms with Crippen LogP contribution in [0.2, 0.25) is 0 Å². The minimum absolute atomic E-state index is 0.150. The smallest absolute Gasteiger partial charge is 0.0702 e. The summed E-state index contributed by atoms with van der Waals surface area (Å²) in [6, 6.07) is 4.73. The van der Waals surface area contributed by atoms with E-state index >= 15 is 0 Å². The van der Waals surface area contributed by atoms with Crippen molar-refractivity contribution in [3.05, 3.63) is 20.8 Å². The number of rotatable bonds is 6. The molecule has 0 spiro atoms. The normalized spacial score (nSPS) is 15.4. The van der Waals surface area contributed by atoms with E-state index in [-0.39, 0.29) is 6.04 Å². The van der Waals surface area contributed by atoms with Crippen LogP contribution >= 0.6 is 39.0 Å². The zero-order valence-electron chi connectivity index (χ0n) is 9.94. The number of halogens is 1. The van der Waals surface area contributed by atoms with Gasteiger partial charge in [0.2, 0.25) is 0 Å². The molecule has 0 radical (unpaired) electrons. The van der Waals surface area contributed by atoms with Gasteiger partial charge in [-0.3, -0.25) is 4.90 Å². The molecule has 0 saturated heterocycles. The summed E-state index contributed by atoms with van der Waals surface area (Å²) in [4.78, 5) is 3.69. The molecule has 1 rings (SSSR count). The fourth-order valence-corrected chi connectivity index (χ4v) is 3.92. The molecule has 0 aliphatic heterocycles. The number of nitrogens with zero attached hydrogens (tertiary/aromatic N) is 1. The fourth-order valence-electron chi connectivity index (χ4n) is 1.74. The van der Waals surface area contributed by atoms with Gasteiger partial charge in [0, 0.05) is 23.2 Å². The van der Waals surface area contributed by atoms with E-state index in [0.29, 0.717) is 6.04 Å². The first-order chi connectivity index (χ1) is 7.56. The number of thioether (sulfide) groups is 1. The van der Waals surface area contributed by atoms with Crippen LogP contribution in [0.3, 0.4) is 0 Å². The lowest BCUT2D eigenvalue weighted by atomic mass is 10.1. The lowest BCUT2D eigenvalue weighted by molar-refractivity contribution is 0.235. The Morgan fingerprint density at radius 3 is 2.69 bits per heavy atom. The van der Waals surface area contributed by atoms with Crippen molar-refractivity contribution < 1.29 is 0 Å². The summed E-state index contributed by atoms with van der Waals surface area (Å²) in [5, 5.41) is 0.